The van der Waals surface area contributed by atoms with Crippen LogP contribution in [0.5, 0.6) is 0 Å². The Bertz CT molecular complexity index is 1220. The number of rotatable bonds is 6. The molecular formula is C24H18Cl2F3N3O. The largest absolute Gasteiger partial charge is 0.432 e. The number of anilines is 2. The third-order valence-electron chi connectivity index (χ3n) is 4.57. The van der Waals surface area contributed by atoms with E-state index in [-0.39, 0.29) is 11.3 Å². The number of allylic oxidation sites excluding steroid dienone is 1. The molecule has 4 nitrogen and oxygen atoms in total. The molecule has 0 bridgehead atoms. The molecule has 0 aliphatic carbocycles. The lowest BCUT2D eigenvalue weighted by atomic mass is 10.1. The van der Waals surface area contributed by atoms with E-state index in [0.717, 1.165) is 5.56 Å². The zero-order valence-electron chi connectivity index (χ0n) is 17.2. The number of carbonyl (C=O) groups is 1. The van der Waals surface area contributed by atoms with Gasteiger partial charge in [0.1, 0.15) is 5.71 Å². The molecule has 0 aromatic heterocycles. The number of carbonyl (C=O) groups excluding carboxylic acids is 1. The molecule has 3 aromatic rings. The van der Waals surface area contributed by atoms with E-state index in [2.05, 4.69) is 10.6 Å². The Labute approximate surface area is 198 Å². The van der Waals surface area contributed by atoms with Crippen LogP contribution >= 0.6 is 23.2 Å². The number of amides is 1. The number of hydrogen-bond donors (Lipinski definition) is 3. The lowest BCUT2D eigenvalue weighted by Crippen LogP contribution is -2.20. The van der Waals surface area contributed by atoms with Gasteiger partial charge in [-0.3, -0.25) is 10.2 Å². The standard InChI is InChI=1S/C24H18Cl2F3N3O/c1-14-6-11-18(26)21(12-14)32-23(33)16-9-7-15(8-10-16)20(13-22(30)24(27,28)29)31-19-5-3-2-4-17(19)25/h2-13,30-31H,1H3,(H,32,33)/b20-13-,30-22?. The highest BCUT2D eigenvalue weighted by Gasteiger charge is 2.33. The van der Waals surface area contributed by atoms with Crippen molar-refractivity contribution in [1.82, 2.24) is 0 Å². The molecule has 170 valence electrons. The minimum atomic E-state index is -4.82. The van der Waals surface area contributed by atoms with E-state index >= 15 is 0 Å². The summed E-state index contributed by atoms with van der Waals surface area (Å²) in [5.74, 6) is -0.429. The summed E-state index contributed by atoms with van der Waals surface area (Å²) in [5, 5.41) is 13.6. The van der Waals surface area contributed by atoms with Crippen molar-refractivity contribution in [1.29, 1.82) is 5.41 Å². The average Bonchev–Trinajstić information content (AvgIpc) is 2.76. The molecule has 0 aliphatic heterocycles. The van der Waals surface area contributed by atoms with Gasteiger partial charge < -0.3 is 10.6 Å². The van der Waals surface area contributed by atoms with Crippen molar-refractivity contribution in [2.45, 2.75) is 13.1 Å². The molecule has 0 radical (unpaired) electrons. The molecule has 0 atom stereocenters. The van der Waals surface area contributed by atoms with Gasteiger partial charge in [-0.15, -0.1) is 0 Å². The van der Waals surface area contributed by atoms with E-state index in [1.54, 1.807) is 36.4 Å². The summed E-state index contributed by atoms with van der Waals surface area (Å²) in [4.78, 5) is 12.6. The second kappa shape index (κ2) is 10.1. The molecule has 3 N–H and O–H groups in total. The number of aryl methyl sites for hydroxylation is 1. The van der Waals surface area contributed by atoms with Crippen LogP contribution in [0.3, 0.4) is 0 Å². The van der Waals surface area contributed by atoms with Gasteiger partial charge in [0.2, 0.25) is 0 Å². The van der Waals surface area contributed by atoms with E-state index < -0.39 is 17.8 Å². The highest BCUT2D eigenvalue weighted by atomic mass is 35.5. The monoisotopic (exact) mass is 491 g/mol. The Hall–Kier alpha value is -3.29. The zero-order valence-corrected chi connectivity index (χ0v) is 18.7. The summed E-state index contributed by atoms with van der Waals surface area (Å²) in [7, 11) is 0. The summed E-state index contributed by atoms with van der Waals surface area (Å²) in [6.07, 6.45) is -4.15. The molecule has 3 aromatic carbocycles. The van der Waals surface area contributed by atoms with Crippen molar-refractivity contribution in [2.75, 3.05) is 10.6 Å². The molecule has 0 fully saturated rings. The number of nitrogens with one attached hydrogen (secondary N) is 3. The third kappa shape index (κ3) is 6.37. The van der Waals surface area contributed by atoms with Crippen molar-refractivity contribution >= 4 is 51.9 Å². The van der Waals surface area contributed by atoms with E-state index in [1.807, 2.05) is 13.0 Å². The van der Waals surface area contributed by atoms with Gasteiger partial charge >= 0.3 is 6.18 Å². The van der Waals surface area contributed by atoms with Crippen LogP contribution in [0.1, 0.15) is 21.5 Å². The highest BCUT2D eigenvalue weighted by molar-refractivity contribution is 6.34. The lowest BCUT2D eigenvalue weighted by molar-refractivity contribution is -0.0583. The fourth-order valence-corrected chi connectivity index (χ4v) is 3.20. The zero-order chi connectivity index (χ0) is 24.2. The Morgan fingerprint density at radius 1 is 0.879 bits per heavy atom. The van der Waals surface area contributed by atoms with Gasteiger partial charge in [-0.2, -0.15) is 13.2 Å². The van der Waals surface area contributed by atoms with Crippen molar-refractivity contribution in [2.24, 2.45) is 0 Å². The topological polar surface area (TPSA) is 65.0 Å². The van der Waals surface area contributed by atoms with Crippen LogP contribution in [0.4, 0.5) is 24.5 Å². The second-order valence-corrected chi connectivity index (χ2v) is 7.90. The average molecular weight is 492 g/mol. The van der Waals surface area contributed by atoms with Crippen LogP contribution in [-0.2, 0) is 0 Å². The van der Waals surface area contributed by atoms with Crippen molar-refractivity contribution in [3.63, 3.8) is 0 Å². The summed E-state index contributed by atoms with van der Waals surface area (Å²) in [6.45, 7) is 1.86. The van der Waals surface area contributed by atoms with Gasteiger partial charge in [0.25, 0.3) is 5.91 Å². The first-order valence-electron chi connectivity index (χ1n) is 9.61. The number of alkyl halides is 3. The first kappa shape index (κ1) is 24.4. The predicted octanol–water partition coefficient (Wildman–Crippen LogP) is 7.59. The lowest BCUT2D eigenvalue weighted by Gasteiger charge is -2.15. The Morgan fingerprint density at radius 3 is 2.12 bits per heavy atom. The molecule has 0 heterocycles. The van der Waals surface area contributed by atoms with Crippen LogP contribution in [0.25, 0.3) is 5.70 Å². The maximum atomic E-state index is 13.0. The van der Waals surface area contributed by atoms with Crippen molar-refractivity contribution in [3.8, 4) is 0 Å². The van der Waals surface area contributed by atoms with Crippen molar-refractivity contribution in [3.05, 3.63) is 99.5 Å². The first-order chi connectivity index (χ1) is 15.5. The predicted molar refractivity (Wildman–Crippen MR) is 127 cm³/mol. The number of halogens is 5. The van der Waals surface area contributed by atoms with E-state index in [0.29, 0.717) is 33.1 Å². The summed E-state index contributed by atoms with van der Waals surface area (Å²) in [6, 6.07) is 17.6. The number of hydrogen-bond acceptors (Lipinski definition) is 3. The fourth-order valence-electron chi connectivity index (χ4n) is 2.86. The Morgan fingerprint density at radius 2 is 1.48 bits per heavy atom. The molecule has 0 unspecified atom stereocenters. The molecule has 9 heteroatoms. The van der Waals surface area contributed by atoms with Gasteiger partial charge in [-0.05, 0) is 60.5 Å². The molecular weight excluding hydrogens is 474 g/mol. The van der Waals surface area contributed by atoms with Crippen LogP contribution in [-0.4, -0.2) is 17.8 Å². The number of para-hydroxylation sites is 1. The number of benzene rings is 3. The SMILES string of the molecule is Cc1ccc(Cl)c(NC(=O)c2ccc(/C(=C/C(=N)C(F)(F)F)Nc3ccccc3Cl)cc2)c1. The summed E-state index contributed by atoms with van der Waals surface area (Å²) < 4.78 is 39.0. The Balaban J connectivity index is 1.89. The van der Waals surface area contributed by atoms with E-state index in [9.17, 15) is 18.0 Å². The molecule has 0 aliphatic rings. The summed E-state index contributed by atoms with van der Waals surface area (Å²) >= 11 is 12.2. The molecule has 0 saturated carbocycles. The fraction of sp³-hybridized carbons (Fsp3) is 0.0833. The molecule has 1 amide bonds. The first-order valence-corrected chi connectivity index (χ1v) is 10.4. The quantitative estimate of drug-likeness (QED) is 0.311. The molecule has 0 spiro atoms. The van der Waals surface area contributed by atoms with Gasteiger partial charge in [0, 0.05) is 11.3 Å². The summed E-state index contributed by atoms with van der Waals surface area (Å²) in [5.41, 5.74) is 0.805. The maximum Gasteiger partial charge on any atom is 0.432 e. The van der Waals surface area contributed by atoms with Gasteiger partial charge in [0.05, 0.1) is 21.4 Å². The van der Waals surface area contributed by atoms with Gasteiger partial charge in [0.15, 0.2) is 0 Å². The minimum absolute atomic E-state index is 0.000822. The maximum absolute atomic E-state index is 13.0. The minimum Gasteiger partial charge on any atom is -0.354 e. The second-order valence-electron chi connectivity index (χ2n) is 7.09. The van der Waals surface area contributed by atoms with Gasteiger partial charge in [-0.25, -0.2) is 0 Å². The van der Waals surface area contributed by atoms with Crippen LogP contribution in [0, 0.1) is 12.3 Å². The normalized spacial score (nSPS) is 11.8. The van der Waals surface area contributed by atoms with Crippen LogP contribution in [0.2, 0.25) is 10.0 Å². The highest BCUT2D eigenvalue weighted by Crippen LogP contribution is 2.28. The van der Waals surface area contributed by atoms with Gasteiger partial charge in [-0.1, -0.05) is 53.5 Å². The molecule has 0 saturated heterocycles. The van der Waals surface area contributed by atoms with E-state index in [4.69, 9.17) is 28.6 Å². The smallest absolute Gasteiger partial charge is 0.354 e. The van der Waals surface area contributed by atoms with Crippen LogP contribution in [0.15, 0.2) is 72.8 Å². The van der Waals surface area contributed by atoms with E-state index in [1.165, 1.54) is 24.3 Å². The van der Waals surface area contributed by atoms with Crippen molar-refractivity contribution < 1.29 is 18.0 Å². The molecule has 33 heavy (non-hydrogen) atoms. The Kier molecular flexibility index (Phi) is 7.46. The molecule has 3 rings (SSSR count). The third-order valence-corrected chi connectivity index (χ3v) is 5.22. The van der Waals surface area contributed by atoms with Crippen LogP contribution < -0.4 is 10.6 Å².